The van der Waals surface area contributed by atoms with E-state index in [4.69, 9.17) is 9.26 Å². The predicted octanol–water partition coefficient (Wildman–Crippen LogP) is 6.62. The van der Waals surface area contributed by atoms with Crippen LogP contribution in [0.25, 0.3) is 17.5 Å². The minimum absolute atomic E-state index is 0.125. The molecule has 0 saturated carbocycles. The normalized spacial score (nSPS) is 10.7. The highest BCUT2D eigenvalue weighted by molar-refractivity contribution is 5.85. The number of rotatable bonds is 5. The molecule has 0 aliphatic carbocycles. The van der Waals surface area contributed by atoms with Crippen LogP contribution in [0.2, 0.25) is 0 Å². The molecule has 3 rings (SSSR count). The third-order valence-corrected chi connectivity index (χ3v) is 3.96. The number of amides is 1. The number of ether oxygens (including phenoxy) is 1. The fourth-order valence-electron chi connectivity index (χ4n) is 2.66. The molecule has 8 heteroatoms. The maximum atomic E-state index is 14.2. The second kappa shape index (κ2) is 10.7. The Morgan fingerprint density at radius 2 is 1.84 bits per heavy atom. The monoisotopic (exact) mass is 443 g/mol. The van der Waals surface area contributed by atoms with Gasteiger partial charge in [-0.15, -0.1) is 0 Å². The Hall–Kier alpha value is -3.55. The maximum absolute atomic E-state index is 14.2. The number of carbonyl (C=O) groups excluding carboxylic acids is 1. The number of hydrogen-bond acceptors (Lipinski definition) is 5. The predicted molar refractivity (Wildman–Crippen MR) is 120 cm³/mol. The second-order valence-corrected chi connectivity index (χ2v) is 7.57. The summed E-state index contributed by atoms with van der Waals surface area (Å²) in [6, 6.07) is 9.09. The molecule has 2 aromatic carbocycles. The molecule has 1 aromatic heterocycles. The fourth-order valence-corrected chi connectivity index (χ4v) is 2.66. The topological polar surface area (TPSA) is 77.2 Å². The number of halogens is 2. The molecule has 0 unspecified atom stereocenters. The molecule has 170 valence electrons. The van der Waals surface area contributed by atoms with E-state index in [9.17, 15) is 13.6 Å². The number of hydrogen-bond donors (Lipinski definition) is 1. The fraction of sp³-hybridized carbons (Fsp3) is 0.292. The van der Waals surface area contributed by atoms with Crippen LogP contribution in [0.3, 0.4) is 0 Å². The van der Waals surface area contributed by atoms with Crippen molar-refractivity contribution in [2.24, 2.45) is 0 Å². The number of carbonyl (C=O) groups is 1. The third kappa shape index (κ3) is 6.73. The van der Waals surface area contributed by atoms with Gasteiger partial charge in [0.2, 0.25) is 0 Å². The summed E-state index contributed by atoms with van der Waals surface area (Å²) in [6.45, 7) is 12.8. The van der Waals surface area contributed by atoms with Crippen LogP contribution in [0, 0.1) is 11.6 Å². The van der Waals surface area contributed by atoms with E-state index in [0.717, 1.165) is 0 Å². The van der Waals surface area contributed by atoms with E-state index < -0.39 is 23.3 Å². The Labute approximate surface area is 186 Å². The van der Waals surface area contributed by atoms with E-state index in [2.05, 4.69) is 22.0 Å². The van der Waals surface area contributed by atoms with Crippen LogP contribution in [0.15, 0.2) is 47.5 Å². The molecule has 1 amide bonds. The molecule has 0 saturated heterocycles. The number of anilines is 1. The van der Waals surface area contributed by atoms with Gasteiger partial charge >= 0.3 is 6.09 Å². The van der Waals surface area contributed by atoms with Crippen molar-refractivity contribution < 1.29 is 22.8 Å². The highest BCUT2D eigenvalue weighted by atomic mass is 19.1. The average molecular weight is 443 g/mol. The average Bonchev–Trinajstić information content (AvgIpc) is 3.19. The van der Waals surface area contributed by atoms with E-state index in [1.165, 1.54) is 18.2 Å². The van der Waals surface area contributed by atoms with Crippen LogP contribution in [-0.4, -0.2) is 21.8 Å². The molecule has 1 N–H and O–H groups in total. The minimum atomic E-state index is -0.709. The Balaban J connectivity index is 0.00000176. The first-order valence-electron chi connectivity index (χ1n) is 10.2. The quantitative estimate of drug-likeness (QED) is 0.479. The molecule has 3 aromatic rings. The molecule has 0 aliphatic heterocycles. The molecular weight excluding hydrogens is 416 g/mol. The van der Waals surface area contributed by atoms with Gasteiger partial charge in [-0.3, -0.25) is 5.32 Å². The van der Waals surface area contributed by atoms with Gasteiger partial charge in [-0.2, -0.15) is 4.98 Å². The molecule has 0 fully saturated rings. The van der Waals surface area contributed by atoms with Gasteiger partial charge in [-0.1, -0.05) is 37.7 Å². The van der Waals surface area contributed by atoms with Crippen LogP contribution in [0.5, 0.6) is 0 Å². The number of benzene rings is 2. The Morgan fingerprint density at radius 1 is 1.19 bits per heavy atom. The van der Waals surface area contributed by atoms with Gasteiger partial charge in [-0.25, -0.2) is 13.6 Å². The molecule has 0 bridgehead atoms. The van der Waals surface area contributed by atoms with Crippen LogP contribution >= 0.6 is 0 Å². The standard InChI is InChI=1S/C22H21F2N3O3.C2H6/c1-5-13-9-17(23)16(18(24)10-13)12-19-26-20(30-27-19)14-7-6-8-15(11-14)25-21(28)29-22(2,3)4;1-2/h5-11H,1,12H2,2-4H3,(H,25,28);1-2H3. The number of nitrogens with zero attached hydrogens (tertiary/aromatic N) is 2. The Kier molecular flexibility index (Phi) is 8.23. The lowest BCUT2D eigenvalue weighted by atomic mass is 10.1. The minimum Gasteiger partial charge on any atom is -0.444 e. The molecule has 0 atom stereocenters. The lowest BCUT2D eigenvalue weighted by Gasteiger charge is -2.19. The highest BCUT2D eigenvalue weighted by Crippen LogP contribution is 2.24. The SMILES string of the molecule is C=Cc1cc(F)c(Cc2noc(-c3cccc(NC(=O)OC(C)(C)C)c3)n2)c(F)c1.CC. The number of aromatic nitrogens is 2. The van der Waals surface area contributed by atoms with Gasteiger partial charge in [0, 0.05) is 23.2 Å². The molecule has 0 radical (unpaired) electrons. The summed E-state index contributed by atoms with van der Waals surface area (Å²) in [6.07, 6.45) is 0.592. The molecule has 6 nitrogen and oxygen atoms in total. The first-order chi connectivity index (χ1) is 15.1. The first kappa shape index (κ1) is 24.7. The zero-order chi connectivity index (χ0) is 23.9. The summed E-state index contributed by atoms with van der Waals surface area (Å²) < 4.78 is 38.8. The number of nitrogens with one attached hydrogen (secondary N) is 1. The molecule has 32 heavy (non-hydrogen) atoms. The van der Waals surface area contributed by atoms with Crippen molar-refractivity contribution in [3.8, 4) is 11.5 Å². The molecule has 0 spiro atoms. The van der Waals surface area contributed by atoms with Gasteiger partial charge in [0.05, 0.1) is 0 Å². The summed E-state index contributed by atoms with van der Waals surface area (Å²) in [5, 5.41) is 6.42. The van der Waals surface area contributed by atoms with Crippen molar-refractivity contribution in [1.29, 1.82) is 0 Å². The van der Waals surface area contributed by atoms with Crippen molar-refractivity contribution in [2.45, 2.75) is 46.6 Å². The Morgan fingerprint density at radius 3 is 2.44 bits per heavy atom. The zero-order valence-electron chi connectivity index (χ0n) is 18.8. The van der Waals surface area contributed by atoms with Crippen LogP contribution in [0.1, 0.15) is 51.6 Å². The zero-order valence-corrected chi connectivity index (χ0v) is 18.8. The third-order valence-electron chi connectivity index (χ3n) is 3.96. The molecule has 0 aliphatic rings. The van der Waals surface area contributed by atoms with Crippen LogP contribution in [-0.2, 0) is 11.2 Å². The lowest BCUT2D eigenvalue weighted by molar-refractivity contribution is 0.0636. The summed E-state index contributed by atoms with van der Waals surface area (Å²) in [7, 11) is 0. The van der Waals surface area contributed by atoms with Gasteiger partial charge in [0.15, 0.2) is 5.82 Å². The van der Waals surface area contributed by atoms with Gasteiger partial charge in [0.1, 0.15) is 17.2 Å². The second-order valence-electron chi connectivity index (χ2n) is 7.57. The van der Waals surface area contributed by atoms with E-state index >= 15 is 0 Å². The van der Waals surface area contributed by atoms with Crippen LogP contribution in [0.4, 0.5) is 19.3 Å². The summed E-state index contributed by atoms with van der Waals surface area (Å²) in [5.74, 6) is -1.14. The van der Waals surface area contributed by atoms with E-state index in [1.54, 1.807) is 45.0 Å². The molecule has 1 heterocycles. The van der Waals surface area contributed by atoms with E-state index in [0.29, 0.717) is 16.8 Å². The van der Waals surface area contributed by atoms with E-state index in [1.807, 2.05) is 13.8 Å². The summed E-state index contributed by atoms with van der Waals surface area (Å²) in [5.41, 5.74) is 0.561. The summed E-state index contributed by atoms with van der Waals surface area (Å²) >= 11 is 0. The van der Waals surface area contributed by atoms with Crippen molar-refractivity contribution >= 4 is 17.9 Å². The smallest absolute Gasteiger partial charge is 0.412 e. The van der Waals surface area contributed by atoms with Crippen LogP contribution < -0.4 is 5.32 Å². The van der Waals surface area contributed by atoms with Gasteiger partial charge in [-0.05, 0) is 56.7 Å². The van der Waals surface area contributed by atoms with Crippen molar-refractivity contribution in [3.63, 3.8) is 0 Å². The Bertz CT molecular complexity index is 1070. The molecular formula is C24H27F2N3O3. The summed E-state index contributed by atoms with van der Waals surface area (Å²) in [4.78, 5) is 16.1. The van der Waals surface area contributed by atoms with Gasteiger partial charge in [0.25, 0.3) is 5.89 Å². The van der Waals surface area contributed by atoms with Gasteiger partial charge < -0.3 is 9.26 Å². The van der Waals surface area contributed by atoms with E-state index in [-0.39, 0.29) is 23.7 Å². The largest absolute Gasteiger partial charge is 0.444 e. The maximum Gasteiger partial charge on any atom is 0.412 e. The lowest BCUT2D eigenvalue weighted by Crippen LogP contribution is -2.27. The van der Waals surface area contributed by atoms with Crippen molar-refractivity contribution in [3.05, 3.63) is 71.6 Å². The van der Waals surface area contributed by atoms with Crippen molar-refractivity contribution in [1.82, 2.24) is 10.1 Å². The first-order valence-corrected chi connectivity index (χ1v) is 10.2. The van der Waals surface area contributed by atoms with Crippen molar-refractivity contribution in [2.75, 3.05) is 5.32 Å². The highest BCUT2D eigenvalue weighted by Gasteiger charge is 2.18.